The van der Waals surface area contributed by atoms with Gasteiger partial charge in [-0.2, -0.15) is 0 Å². The average Bonchev–Trinajstić information content (AvgIpc) is 2.95. The number of fused-ring (bicyclic) bond motifs is 1. The lowest BCUT2D eigenvalue weighted by atomic mass is 10.0. The summed E-state index contributed by atoms with van der Waals surface area (Å²) in [5.41, 5.74) is 2.03. The molecule has 8 nitrogen and oxygen atoms in total. The standard InChI is InChI=1S/C19H19N3O5/c23-16-9-8-15(17(24)21-16)22-11-14-12(6-4-7-13(14)18(22)25)5-2-1-3-10-20-19(26)27/h4,6-7,15,20H,1,3,8-11H2,(H,26,27)(H,21,23,24). The summed E-state index contributed by atoms with van der Waals surface area (Å²) in [5.74, 6) is 5.05. The smallest absolute Gasteiger partial charge is 0.404 e. The number of amides is 4. The molecule has 1 saturated heterocycles. The molecule has 1 atom stereocenters. The van der Waals surface area contributed by atoms with Crippen LogP contribution in [0, 0.1) is 11.8 Å². The molecule has 0 bridgehead atoms. The second kappa shape index (κ2) is 7.91. The molecule has 1 aromatic rings. The number of carbonyl (C=O) groups excluding carboxylic acids is 3. The van der Waals surface area contributed by atoms with Crippen molar-refractivity contribution >= 4 is 23.8 Å². The Balaban J connectivity index is 1.70. The molecule has 2 aliphatic rings. The first kappa shape index (κ1) is 18.5. The number of imide groups is 1. The Morgan fingerprint density at radius 2 is 2.15 bits per heavy atom. The molecule has 2 heterocycles. The van der Waals surface area contributed by atoms with E-state index in [1.54, 1.807) is 12.1 Å². The number of hydrogen-bond donors (Lipinski definition) is 3. The van der Waals surface area contributed by atoms with Crippen molar-refractivity contribution in [2.45, 2.75) is 38.3 Å². The van der Waals surface area contributed by atoms with Crippen molar-refractivity contribution in [2.75, 3.05) is 6.54 Å². The van der Waals surface area contributed by atoms with Gasteiger partial charge in [-0.25, -0.2) is 4.79 Å². The number of piperidine rings is 1. The van der Waals surface area contributed by atoms with Gasteiger partial charge < -0.3 is 15.3 Å². The molecular formula is C19H19N3O5. The van der Waals surface area contributed by atoms with Crippen LogP contribution in [-0.2, 0) is 16.1 Å². The van der Waals surface area contributed by atoms with Crippen LogP contribution in [0.1, 0.15) is 47.2 Å². The van der Waals surface area contributed by atoms with Crippen LogP contribution in [0.5, 0.6) is 0 Å². The molecule has 27 heavy (non-hydrogen) atoms. The number of hydrogen-bond acceptors (Lipinski definition) is 4. The molecule has 140 valence electrons. The van der Waals surface area contributed by atoms with E-state index in [0.717, 1.165) is 11.1 Å². The Labute approximate surface area is 155 Å². The van der Waals surface area contributed by atoms with Gasteiger partial charge in [-0.05, 0) is 30.5 Å². The summed E-state index contributed by atoms with van der Waals surface area (Å²) in [7, 11) is 0. The summed E-state index contributed by atoms with van der Waals surface area (Å²) in [6, 6.07) is 4.64. The van der Waals surface area contributed by atoms with Crippen LogP contribution in [0.25, 0.3) is 0 Å². The van der Waals surface area contributed by atoms with Crippen LogP contribution in [0.3, 0.4) is 0 Å². The van der Waals surface area contributed by atoms with Crippen LogP contribution >= 0.6 is 0 Å². The normalized spacial score (nSPS) is 18.4. The number of carbonyl (C=O) groups is 4. The van der Waals surface area contributed by atoms with Crippen molar-refractivity contribution in [3.8, 4) is 11.8 Å². The van der Waals surface area contributed by atoms with E-state index in [4.69, 9.17) is 5.11 Å². The van der Waals surface area contributed by atoms with Gasteiger partial charge in [-0.1, -0.05) is 17.9 Å². The number of nitrogens with zero attached hydrogens (tertiary/aromatic N) is 1. The van der Waals surface area contributed by atoms with Crippen molar-refractivity contribution < 1.29 is 24.3 Å². The highest BCUT2D eigenvalue weighted by Gasteiger charge is 2.39. The Bertz CT molecular complexity index is 868. The quantitative estimate of drug-likeness (QED) is 0.413. The Morgan fingerprint density at radius 1 is 1.33 bits per heavy atom. The molecule has 0 saturated carbocycles. The third-order valence-electron chi connectivity index (χ3n) is 4.56. The molecule has 3 rings (SSSR count). The summed E-state index contributed by atoms with van der Waals surface area (Å²) in [5, 5.41) is 13.1. The summed E-state index contributed by atoms with van der Waals surface area (Å²) < 4.78 is 0. The van der Waals surface area contributed by atoms with Gasteiger partial charge in [0.05, 0.1) is 0 Å². The predicted octanol–water partition coefficient (Wildman–Crippen LogP) is 0.847. The molecule has 0 radical (unpaired) electrons. The van der Waals surface area contributed by atoms with Gasteiger partial charge in [-0.15, -0.1) is 0 Å². The molecule has 1 aromatic carbocycles. The van der Waals surface area contributed by atoms with E-state index < -0.39 is 18.0 Å². The highest BCUT2D eigenvalue weighted by Crippen LogP contribution is 2.29. The largest absolute Gasteiger partial charge is 0.465 e. The average molecular weight is 369 g/mol. The van der Waals surface area contributed by atoms with Gasteiger partial charge in [0.25, 0.3) is 5.91 Å². The summed E-state index contributed by atoms with van der Waals surface area (Å²) in [6.45, 7) is 0.616. The van der Waals surface area contributed by atoms with E-state index in [-0.39, 0.29) is 24.8 Å². The fraction of sp³-hybridized carbons (Fsp3) is 0.368. The first-order valence-electron chi connectivity index (χ1n) is 8.69. The maximum atomic E-state index is 12.7. The molecule has 3 N–H and O–H groups in total. The third-order valence-corrected chi connectivity index (χ3v) is 4.56. The number of rotatable bonds is 4. The van der Waals surface area contributed by atoms with Gasteiger partial charge in [0, 0.05) is 37.1 Å². The lowest BCUT2D eigenvalue weighted by Gasteiger charge is -2.29. The first-order chi connectivity index (χ1) is 13.0. The molecule has 0 spiro atoms. The maximum absolute atomic E-state index is 12.7. The highest BCUT2D eigenvalue weighted by atomic mass is 16.4. The van der Waals surface area contributed by atoms with Crippen molar-refractivity contribution in [1.29, 1.82) is 0 Å². The lowest BCUT2D eigenvalue weighted by Crippen LogP contribution is -2.52. The molecule has 1 fully saturated rings. The van der Waals surface area contributed by atoms with Crippen molar-refractivity contribution in [3.63, 3.8) is 0 Å². The maximum Gasteiger partial charge on any atom is 0.404 e. The first-order valence-corrected chi connectivity index (χ1v) is 8.69. The SMILES string of the molecule is O=C(O)NCCCC#Cc1cccc2c1CN(C1CCC(=O)NC1=O)C2=O. The summed E-state index contributed by atoms with van der Waals surface area (Å²) in [6.07, 6.45) is 0.593. The minimum absolute atomic E-state index is 0.216. The molecule has 0 aromatic heterocycles. The summed E-state index contributed by atoms with van der Waals surface area (Å²) >= 11 is 0. The minimum atomic E-state index is -1.06. The summed E-state index contributed by atoms with van der Waals surface area (Å²) in [4.78, 5) is 48.0. The number of carboxylic acid groups (broad SMARTS) is 1. The van der Waals surface area contributed by atoms with Crippen LogP contribution in [0.2, 0.25) is 0 Å². The zero-order chi connectivity index (χ0) is 19.4. The lowest BCUT2D eigenvalue weighted by molar-refractivity contribution is -0.136. The molecule has 2 aliphatic heterocycles. The van der Waals surface area contributed by atoms with Crippen LogP contribution in [0.4, 0.5) is 4.79 Å². The Hall–Kier alpha value is -3.34. The molecule has 8 heteroatoms. The second-order valence-electron chi connectivity index (χ2n) is 6.37. The molecule has 1 unspecified atom stereocenters. The van der Waals surface area contributed by atoms with Gasteiger partial charge >= 0.3 is 6.09 Å². The Morgan fingerprint density at radius 3 is 2.89 bits per heavy atom. The van der Waals surface area contributed by atoms with Crippen LogP contribution < -0.4 is 10.6 Å². The monoisotopic (exact) mass is 369 g/mol. The molecular weight excluding hydrogens is 350 g/mol. The van der Waals surface area contributed by atoms with E-state index in [2.05, 4.69) is 22.5 Å². The van der Waals surface area contributed by atoms with E-state index >= 15 is 0 Å². The zero-order valence-electron chi connectivity index (χ0n) is 14.6. The number of unbranched alkanes of at least 4 members (excludes halogenated alkanes) is 1. The van der Waals surface area contributed by atoms with Crippen LogP contribution in [-0.4, -0.2) is 46.4 Å². The van der Waals surface area contributed by atoms with E-state index in [0.29, 0.717) is 31.4 Å². The van der Waals surface area contributed by atoms with Gasteiger partial charge in [0.1, 0.15) is 6.04 Å². The molecule has 0 aliphatic carbocycles. The van der Waals surface area contributed by atoms with Crippen molar-refractivity contribution in [2.24, 2.45) is 0 Å². The fourth-order valence-corrected chi connectivity index (χ4v) is 3.23. The zero-order valence-corrected chi connectivity index (χ0v) is 14.6. The van der Waals surface area contributed by atoms with Gasteiger partial charge in [0.15, 0.2) is 0 Å². The van der Waals surface area contributed by atoms with E-state index in [9.17, 15) is 19.2 Å². The van der Waals surface area contributed by atoms with Gasteiger partial charge in [-0.3, -0.25) is 19.7 Å². The highest BCUT2D eigenvalue weighted by molar-refractivity contribution is 6.05. The third kappa shape index (κ3) is 4.08. The van der Waals surface area contributed by atoms with Crippen molar-refractivity contribution in [3.05, 3.63) is 34.9 Å². The predicted molar refractivity (Wildman–Crippen MR) is 94.6 cm³/mol. The van der Waals surface area contributed by atoms with E-state index in [1.807, 2.05) is 6.07 Å². The molecule has 4 amide bonds. The van der Waals surface area contributed by atoms with Gasteiger partial charge in [0.2, 0.25) is 11.8 Å². The number of nitrogens with one attached hydrogen (secondary N) is 2. The fourth-order valence-electron chi connectivity index (χ4n) is 3.23. The second-order valence-corrected chi connectivity index (χ2v) is 6.37. The Kier molecular flexibility index (Phi) is 5.41. The minimum Gasteiger partial charge on any atom is -0.465 e. The topological polar surface area (TPSA) is 116 Å². The van der Waals surface area contributed by atoms with E-state index in [1.165, 1.54) is 4.90 Å². The van der Waals surface area contributed by atoms with Crippen molar-refractivity contribution in [1.82, 2.24) is 15.5 Å². The van der Waals surface area contributed by atoms with Crippen LogP contribution in [0.15, 0.2) is 18.2 Å². The number of benzene rings is 1.